The maximum atomic E-state index is 10.4. The number of rotatable bonds is 5. The molecule has 0 unspecified atom stereocenters. The van der Waals surface area contributed by atoms with Crippen LogP contribution < -0.4 is 0 Å². The largest absolute Gasteiger partial charge is 0.393 e. The Labute approximate surface area is 172 Å². The Morgan fingerprint density at radius 3 is 2.43 bits per heavy atom. The van der Waals surface area contributed by atoms with E-state index in [1.165, 1.54) is 38.5 Å². The molecule has 0 aromatic heterocycles. The normalized spacial score (nSPS) is 51.9. The molecule has 0 bridgehead atoms. The first-order valence-electron chi connectivity index (χ1n) is 12.1. The van der Waals surface area contributed by atoms with Crippen LogP contribution in [0.4, 0.5) is 0 Å². The Morgan fingerprint density at radius 2 is 1.71 bits per heavy atom. The van der Waals surface area contributed by atoms with Gasteiger partial charge in [-0.15, -0.1) is 0 Å². The van der Waals surface area contributed by atoms with Gasteiger partial charge in [-0.1, -0.05) is 34.1 Å². The molecule has 0 aromatic rings. The van der Waals surface area contributed by atoms with Crippen molar-refractivity contribution in [3.8, 4) is 0 Å². The highest BCUT2D eigenvalue weighted by Crippen LogP contribution is 2.68. The average molecular weight is 393 g/mol. The first kappa shape index (κ1) is 21.1. The molecule has 4 aliphatic carbocycles. The third-order valence-corrected chi connectivity index (χ3v) is 10.4. The molecule has 3 nitrogen and oxygen atoms in total. The number of hydrogen-bond donors (Lipinski definition) is 1. The van der Waals surface area contributed by atoms with E-state index >= 15 is 0 Å². The minimum Gasteiger partial charge on any atom is -0.393 e. The van der Waals surface area contributed by atoms with Gasteiger partial charge in [-0.25, -0.2) is 0 Å². The lowest BCUT2D eigenvalue weighted by molar-refractivity contribution is -0.207. The third-order valence-electron chi connectivity index (χ3n) is 10.4. The minimum atomic E-state index is -0.104. The highest BCUT2D eigenvalue weighted by Gasteiger charge is 2.63. The number of methoxy groups -OCH3 is 1. The zero-order valence-electron chi connectivity index (χ0n) is 19.0. The first-order valence-corrected chi connectivity index (χ1v) is 12.1. The van der Waals surface area contributed by atoms with Crippen molar-refractivity contribution in [3.63, 3.8) is 0 Å². The van der Waals surface area contributed by atoms with Crippen molar-refractivity contribution in [3.05, 3.63) is 0 Å². The molecule has 0 amide bonds. The van der Waals surface area contributed by atoms with Crippen LogP contribution in [-0.2, 0) is 9.47 Å². The van der Waals surface area contributed by atoms with E-state index in [1.807, 2.05) is 0 Å². The summed E-state index contributed by atoms with van der Waals surface area (Å²) in [5.74, 6) is 4.56. The van der Waals surface area contributed by atoms with Crippen molar-refractivity contribution in [1.29, 1.82) is 0 Å². The van der Waals surface area contributed by atoms with E-state index in [9.17, 15) is 5.11 Å². The zero-order chi connectivity index (χ0) is 20.1. The van der Waals surface area contributed by atoms with Gasteiger partial charge in [0, 0.05) is 7.11 Å². The summed E-state index contributed by atoms with van der Waals surface area (Å²) in [7, 11) is 1.74. The van der Waals surface area contributed by atoms with Crippen molar-refractivity contribution in [2.45, 2.75) is 97.7 Å². The molecular formula is C25H44O3. The molecule has 3 heteroatoms. The van der Waals surface area contributed by atoms with Crippen molar-refractivity contribution in [2.24, 2.45) is 46.3 Å². The Morgan fingerprint density at radius 1 is 1.00 bits per heavy atom. The minimum absolute atomic E-state index is 0.104. The number of aliphatic hydroxyl groups excluding tert-OH is 1. The van der Waals surface area contributed by atoms with E-state index in [0.29, 0.717) is 35.6 Å². The number of hydrogen-bond acceptors (Lipinski definition) is 3. The van der Waals surface area contributed by atoms with E-state index in [1.54, 1.807) is 7.11 Å². The van der Waals surface area contributed by atoms with Gasteiger partial charge >= 0.3 is 0 Å². The smallest absolute Gasteiger partial charge is 0.146 e. The fourth-order valence-electron chi connectivity index (χ4n) is 8.77. The van der Waals surface area contributed by atoms with Gasteiger partial charge in [0.25, 0.3) is 0 Å². The molecule has 0 saturated heterocycles. The predicted octanol–water partition coefficient (Wildman–Crippen LogP) is 5.65. The lowest BCUT2D eigenvalue weighted by Gasteiger charge is -2.63. The molecule has 0 aliphatic heterocycles. The van der Waals surface area contributed by atoms with E-state index in [4.69, 9.17) is 9.47 Å². The van der Waals surface area contributed by atoms with Crippen molar-refractivity contribution in [1.82, 2.24) is 0 Å². The van der Waals surface area contributed by atoms with E-state index in [-0.39, 0.29) is 6.10 Å². The van der Waals surface area contributed by atoms with Gasteiger partial charge in [0.1, 0.15) is 6.79 Å². The summed E-state index contributed by atoms with van der Waals surface area (Å²) in [5.41, 5.74) is 0.884. The molecule has 0 aromatic carbocycles. The third kappa shape index (κ3) is 3.19. The van der Waals surface area contributed by atoms with E-state index in [0.717, 1.165) is 42.9 Å². The summed E-state index contributed by atoms with van der Waals surface area (Å²) in [6.45, 7) is 10.5. The molecule has 4 saturated carbocycles. The van der Waals surface area contributed by atoms with Gasteiger partial charge in [0.15, 0.2) is 0 Å². The molecule has 0 radical (unpaired) electrons. The van der Waals surface area contributed by atoms with Crippen LogP contribution in [0.25, 0.3) is 0 Å². The van der Waals surface area contributed by atoms with Crippen LogP contribution in [-0.4, -0.2) is 31.2 Å². The van der Waals surface area contributed by atoms with Crippen LogP contribution in [0.15, 0.2) is 0 Å². The summed E-state index contributed by atoms with van der Waals surface area (Å²) in [5, 5.41) is 10.4. The predicted molar refractivity (Wildman–Crippen MR) is 113 cm³/mol. The van der Waals surface area contributed by atoms with Crippen molar-refractivity contribution < 1.29 is 14.6 Å². The Balaban J connectivity index is 1.65. The van der Waals surface area contributed by atoms with Gasteiger partial charge in [0.2, 0.25) is 0 Å². The van der Waals surface area contributed by atoms with Gasteiger partial charge < -0.3 is 14.6 Å². The SMILES string of the molecule is CC[C@@H](C)[C@H]1CC[C@H]2[C@@H]3[C@H](OCOC)C[C@@H]4C[C@H](O)CC[C@]4(C)[C@H]3CC[C@]12C. The first-order chi connectivity index (χ1) is 13.3. The Bertz CT molecular complexity index is 550. The quantitative estimate of drug-likeness (QED) is 0.614. The molecule has 0 heterocycles. The molecule has 4 aliphatic rings. The highest BCUT2D eigenvalue weighted by molar-refractivity contribution is 5.12. The van der Waals surface area contributed by atoms with Crippen LogP contribution in [0.1, 0.15) is 85.5 Å². The Kier molecular flexibility index (Phi) is 5.92. The second kappa shape index (κ2) is 7.85. The molecule has 1 N–H and O–H groups in total. The Hall–Kier alpha value is -0.120. The maximum Gasteiger partial charge on any atom is 0.146 e. The van der Waals surface area contributed by atoms with Gasteiger partial charge in [-0.05, 0) is 97.7 Å². The fraction of sp³-hybridized carbons (Fsp3) is 1.00. The zero-order valence-corrected chi connectivity index (χ0v) is 19.0. The van der Waals surface area contributed by atoms with Crippen LogP contribution in [0.5, 0.6) is 0 Å². The van der Waals surface area contributed by atoms with Crippen molar-refractivity contribution in [2.75, 3.05) is 13.9 Å². The lowest BCUT2D eigenvalue weighted by Crippen LogP contribution is -2.59. The second-order valence-corrected chi connectivity index (χ2v) is 11.4. The summed E-state index contributed by atoms with van der Waals surface area (Å²) >= 11 is 0. The van der Waals surface area contributed by atoms with Crippen LogP contribution >= 0.6 is 0 Å². The molecule has 10 atom stereocenters. The molecule has 28 heavy (non-hydrogen) atoms. The van der Waals surface area contributed by atoms with E-state index < -0.39 is 0 Å². The fourth-order valence-corrected chi connectivity index (χ4v) is 8.77. The van der Waals surface area contributed by atoms with Crippen LogP contribution in [0, 0.1) is 46.3 Å². The molecule has 4 rings (SSSR count). The summed E-state index contributed by atoms with van der Waals surface area (Å²) < 4.78 is 11.8. The topological polar surface area (TPSA) is 38.7 Å². The number of ether oxygens (including phenoxy) is 2. The number of fused-ring (bicyclic) bond motifs is 5. The summed E-state index contributed by atoms with van der Waals surface area (Å²) in [6, 6.07) is 0. The lowest BCUT2D eigenvalue weighted by atomic mass is 9.43. The average Bonchev–Trinajstić information content (AvgIpc) is 3.03. The van der Waals surface area contributed by atoms with Crippen LogP contribution in [0.3, 0.4) is 0 Å². The highest BCUT2D eigenvalue weighted by atomic mass is 16.7. The maximum absolute atomic E-state index is 10.4. The van der Waals surface area contributed by atoms with Crippen molar-refractivity contribution >= 4 is 0 Å². The summed E-state index contributed by atoms with van der Waals surface area (Å²) in [4.78, 5) is 0. The molecule has 4 fully saturated rings. The second-order valence-electron chi connectivity index (χ2n) is 11.4. The van der Waals surface area contributed by atoms with E-state index in [2.05, 4.69) is 27.7 Å². The van der Waals surface area contributed by atoms with Gasteiger partial charge in [-0.3, -0.25) is 0 Å². The monoisotopic (exact) mass is 392 g/mol. The van der Waals surface area contributed by atoms with Gasteiger partial charge in [0.05, 0.1) is 12.2 Å². The summed E-state index contributed by atoms with van der Waals surface area (Å²) in [6.07, 6.45) is 11.4. The standard InChI is InChI=1S/C25H44O3/c1-6-16(2)19-7-8-20-23-21(10-12-25(19,20)4)24(3)11-9-18(26)13-17(24)14-22(23)28-15-27-5/h16-23,26H,6-15H2,1-5H3/t16-,17+,18-,19-,20+,21+,22-,23+,24+,25-/m1/s1. The molecule has 162 valence electrons. The number of aliphatic hydroxyl groups is 1. The molecule has 0 spiro atoms. The molecular weight excluding hydrogens is 348 g/mol. The van der Waals surface area contributed by atoms with Crippen LogP contribution in [0.2, 0.25) is 0 Å². The van der Waals surface area contributed by atoms with Gasteiger partial charge in [-0.2, -0.15) is 0 Å².